The molecule has 3 rings (SSSR count). The van der Waals surface area contributed by atoms with Crippen molar-refractivity contribution >= 4 is 50.9 Å². The molecule has 43 heavy (non-hydrogen) atoms. The minimum Gasteiger partial charge on any atom is -0.362 e. The van der Waals surface area contributed by atoms with Crippen LogP contribution in [0.5, 0.6) is 0 Å². The number of rotatable bonds is 18. The average molecular weight is 673 g/mol. The lowest BCUT2D eigenvalue weighted by Gasteiger charge is -2.19. The van der Waals surface area contributed by atoms with E-state index in [4.69, 9.17) is 4.74 Å². The molecule has 0 aliphatic heterocycles. The standard InChI is InChI=1S/C31H38BrN5O5S/c1-22-13-26(43-20-22)14-24-7-9-25(10-8-24)19-42-21-33-11-12-34-31(41)27(15-23-5-3-2-4-6-23)37-30(40)18-36-29(39)17-35-28(38)16-32/h2-10,13,20,27,33H,11-12,14-19,21H2,1H3,(H,34,41)(H,35,38)(H,36,39)(H,37,40)/t27-/m0/s1. The van der Waals surface area contributed by atoms with Crippen LogP contribution in [0.1, 0.15) is 27.1 Å². The monoisotopic (exact) mass is 671 g/mol. The van der Waals surface area contributed by atoms with Crippen LogP contribution < -0.4 is 26.6 Å². The summed E-state index contributed by atoms with van der Waals surface area (Å²) in [6.45, 7) is 3.16. The van der Waals surface area contributed by atoms with Crippen molar-refractivity contribution in [3.8, 4) is 0 Å². The smallest absolute Gasteiger partial charge is 0.242 e. The molecule has 0 bridgehead atoms. The summed E-state index contributed by atoms with van der Waals surface area (Å²) >= 11 is 4.77. The van der Waals surface area contributed by atoms with E-state index in [0.717, 1.165) is 17.5 Å². The van der Waals surface area contributed by atoms with E-state index in [0.29, 0.717) is 26.4 Å². The number of ether oxygens (including phenoxy) is 1. The highest BCUT2D eigenvalue weighted by atomic mass is 79.9. The SMILES string of the molecule is Cc1csc(Cc2ccc(COCNCCNC(=O)[C@H](Cc3ccccc3)NC(=O)CNC(=O)CNC(=O)CBr)cc2)c1. The summed E-state index contributed by atoms with van der Waals surface area (Å²) in [6, 6.07) is 19.1. The van der Waals surface area contributed by atoms with E-state index in [-0.39, 0.29) is 36.7 Å². The molecule has 0 saturated heterocycles. The van der Waals surface area contributed by atoms with Gasteiger partial charge in [-0.05, 0) is 40.6 Å². The fourth-order valence-corrected chi connectivity index (χ4v) is 5.13. The molecule has 12 heteroatoms. The lowest BCUT2D eigenvalue weighted by atomic mass is 10.1. The number of nitrogens with one attached hydrogen (secondary N) is 5. The van der Waals surface area contributed by atoms with Gasteiger partial charge in [-0.3, -0.25) is 24.5 Å². The molecule has 3 aromatic rings. The second-order valence-electron chi connectivity index (χ2n) is 9.86. The molecule has 1 heterocycles. The molecule has 0 aliphatic rings. The van der Waals surface area contributed by atoms with Crippen LogP contribution in [0.2, 0.25) is 0 Å². The molecule has 1 aromatic heterocycles. The van der Waals surface area contributed by atoms with Crippen LogP contribution in [-0.4, -0.2) is 67.9 Å². The first-order chi connectivity index (χ1) is 20.8. The number of aryl methyl sites for hydroxylation is 1. The third kappa shape index (κ3) is 13.5. The zero-order chi connectivity index (χ0) is 30.9. The van der Waals surface area contributed by atoms with E-state index >= 15 is 0 Å². The average Bonchev–Trinajstić information content (AvgIpc) is 3.43. The predicted octanol–water partition coefficient (Wildman–Crippen LogP) is 2.18. The maximum atomic E-state index is 12.9. The number of hydrogen-bond acceptors (Lipinski definition) is 7. The highest BCUT2D eigenvalue weighted by Gasteiger charge is 2.21. The van der Waals surface area contributed by atoms with Crippen molar-refractivity contribution in [2.24, 2.45) is 0 Å². The van der Waals surface area contributed by atoms with E-state index in [1.807, 2.05) is 30.3 Å². The van der Waals surface area contributed by atoms with E-state index in [2.05, 4.69) is 85.1 Å². The zero-order valence-corrected chi connectivity index (χ0v) is 26.5. The Morgan fingerprint density at radius 2 is 1.53 bits per heavy atom. The maximum Gasteiger partial charge on any atom is 0.242 e. The number of benzene rings is 2. The first-order valence-electron chi connectivity index (χ1n) is 13.9. The molecule has 4 amide bonds. The summed E-state index contributed by atoms with van der Waals surface area (Å²) in [6.07, 6.45) is 1.22. The normalized spacial score (nSPS) is 11.4. The molecule has 0 radical (unpaired) electrons. The van der Waals surface area contributed by atoms with Crippen LogP contribution in [-0.2, 0) is 43.4 Å². The molecule has 1 atom stereocenters. The Labute approximate surface area is 264 Å². The van der Waals surface area contributed by atoms with Gasteiger partial charge in [-0.15, -0.1) is 11.3 Å². The van der Waals surface area contributed by atoms with Gasteiger partial charge in [-0.2, -0.15) is 0 Å². The Kier molecular flexibility index (Phi) is 14.9. The number of thiophene rings is 1. The van der Waals surface area contributed by atoms with Gasteiger partial charge in [0.15, 0.2) is 0 Å². The summed E-state index contributed by atoms with van der Waals surface area (Å²) in [7, 11) is 0. The molecular weight excluding hydrogens is 634 g/mol. The molecular formula is C31H38BrN5O5S. The van der Waals surface area contributed by atoms with Crippen LogP contribution in [0.25, 0.3) is 0 Å². The fourth-order valence-electron chi connectivity index (χ4n) is 4.02. The minimum absolute atomic E-state index is 0.0741. The van der Waals surface area contributed by atoms with Gasteiger partial charge in [-0.1, -0.05) is 70.5 Å². The molecule has 0 aliphatic carbocycles. The molecule has 10 nitrogen and oxygen atoms in total. The van der Waals surface area contributed by atoms with Crippen LogP contribution in [0.4, 0.5) is 0 Å². The number of amides is 4. The Balaban J connectivity index is 1.35. The van der Waals surface area contributed by atoms with Crippen molar-refractivity contribution in [1.82, 2.24) is 26.6 Å². The Morgan fingerprint density at radius 1 is 0.837 bits per heavy atom. The third-order valence-corrected chi connectivity index (χ3v) is 7.77. The van der Waals surface area contributed by atoms with Gasteiger partial charge in [0.05, 0.1) is 31.8 Å². The van der Waals surface area contributed by atoms with E-state index in [9.17, 15) is 19.2 Å². The first-order valence-corrected chi connectivity index (χ1v) is 15.9. The predicted molar refractivity (Wildman–Crippen MR) is 171 cm³/mol. The summed E-state index contributed by atoms with van der Waals surface area (Å²) in [5.74, 6) is -1.71. The van der Waals surface area contributed by atoms with Crippen molar-refractivity contribution in [3.63, 3.8) is 0 Å². The Hall–Kier alpha value is -3.58. The van der Waals surface area contributed by atoms with Crippen LogP contribution >= 0.6 is 27.3 Å². The lowest BCUT2D eigenvalue weighted by molar-refractivity contribution is -0.130. The third-order valence-electron chi connectivity index (χ3n) is 6.21. The van der Waals surface area contributed by atoms with Gasteiger partial charge in [-0.25, -0.2) is 0 Å². The summed E-state index contributed by atoms with van der Waals surface area (Å²) in [5.41, 5.74) is 4.53. The number of carbonyl (C=O) groups is 4. The molecule has 230 valence electrons. The van der Waals surface area contributed by atoms with Gasteiger partial charge in [0.25, 0.3) is 0 Å². The van der Waals surface area contributed by atoms with Gasteiger partial charge in [0.2, 0.25) is 23.6 Å². The summed E-state index contributed by atoms with van der Waals surface area (Å²) in [4.78, 5) is 49.9. The van der Waals surface area contributed by atoms with Gasteiger partial charge >= 0.3 is 0 Å². The molecule has 0 fully saturated rings. The number of alkyl halides is 1. The highest BCUT2D eigenvalue weighted by molar-refractivity contribution is 9.09. The van der Waals surface area contributed by atoms with E-state index < -0.39 is 17.9 Å². The van der Waals surface area contributed by atoms with Gasteiger partial charge < -0.3 is 26.0 Å². The van der Waals surface area contributed by atoms with E-state index in [1.54, 1.807) is 11.3 Å². The topological polar surface area (TPSA) is 138 Å². The van der Waals surface area contributed by atoms with Crippen molar-refractivity contribution in [3.05, 3.63) is 93.2 Å². The Bertz CT molecular complexity index is 1320. The zero-order valence-electron chi connectivity index (χ0n) is 24.1. The second kappa shape index (κ2) is 18.9. The highest BCUT2D eigenvalue weighted by Crippen LogP contribution is 2.18. The molecule has 5 N–H and O–H groups in total. The minimum atomic E-state index is -0.831. The van der Waals surface area contributed by atoms with Crippen molar-refractivity contribution in [2.75, 3.05) is 38.2 Å². The first kappa shape index (κ1) is 33.9. The lowest BCUT2D eigenvalue weighted by Crippen LogP contribution is -2.51. The second-order valence-corrected chi connectivity index (χ2v) is 11.4. The molecule has 0 spiro atoms. The van der Waals surface area contributed by atoms with E-state index in [1.165, 1.54) is 16.0 Å². The Morgan fingerprint density at radius 3 is 2.23 bits per heavy atom. The number of hydrogen-bond donors (Lipinski definition) is 5. The summed E-state index contributed by atoms with van der Waals surface area (Å²) in [5, 5.41) is 15.7. The van der Waals surface area contributed by atoms with Gasteiger partial charge in [0.1, 0.15) is 6.04 Å². The van der Waals surface area contributed by atoms with Crippen molar-refractivity contribution in [1.29, 1.82) is 0 Å². The molecule has 0 unspecified atom stereocenters. The fraction of sp³-hybridized carbons (Fsp3) is 0.355. The number of carbonyl (C=O) groups excluding carboxylic acids is 4. The van der Waals surface area contributed by atoms with Crippen LogP contribution in [0.15, 0.2) is 66.0 Å². The van der Waals surface area contributed by atoms with Crippen molar-refractivity contribution < 1.29 is 23.9 Å². The maximum absolute atomic E-state index is 12.9. The van der Waals surface area contributed by atoms with Crippen molar-refractivity contribution in [2.45, 2.75) is 32.4 Å². The molecule has 2 aromatic carbocycles. The largest absolute Gasteiger partial charge is 0.362 e. The van der Waals surface area contributed by atoms with Gasteiger partial charge in [0, 0.05) is 30.8 Å². The number of halogens is 1. The molecule has 0 saturated carbocycles. The quantitative estimate of drug-likeness (QED) is 0.0799. The van der Waals surface area contributed by atoms with Crippen LogP contribution in [0, 0.1) is 6.92 Å². The van der Waals surface area contributed by atoms with Crippen LogP contribution in [0.3, 0.4) is 0 Å². The summed E-state index contributed by atoms with van der Waals surface area (Å²) < 4.78 is 5.71.